The predicted octanol–water partition coefficient (Wildman–Crippen LogP) is 4.46. The van der Waals surface area contributed by atoms with E-state index >= 15 is 0 Å². The van der Waals surface area contributed by atoms with Crippen LogP contribution in [0.5, 0.6) is 5.75 Å². The van der Waals surface area contributed by atoms with Crippen molar-refractivity contribution in [1.82, 2.24) is 4.98 Å². The molecule has 1 heterocycles. The van der Waals surface area contributed by atoms with E-state index in [0.29, 0.717) is 6.61 Å². The van der Waals surface area contributed by atoms with Gasteiger partial charge in [0.05, 0.1) is 12.3 Å². The average molecular weight is 338 g/mol. The molecule has 2 rings (SSSR count). The van der Waals surface area contributed by atoms with Gasteiger partial charge in [0.1, 0.15) is 5.75 Å². The minimum absolute atomic E-state index is 0.685. The van der Waals surface area contributed by atoms with Crippen LogP contribution in [-0.4, -0.2) is 17.3 Å². The van der Waals surface area contributed by atoms with Gasteiger partial charge in [-0.15, -0.1) is 11.8 Å². The van der Waals surface area contributed by atoms with E-state index in [1.165, 1.54) is 4.90 Å². The van der Waals surface area contributed by atoms with Gasteiger partial charge in [0.2, 0.25) is 0 Å². The predicted molar refractivity (Wildman–Crippen MR) is 84.3 cm³/mol. The number of pyridine rings is 1. The lowest BCUT2D eigenvalue weighted by Crippen LogP contribution is -2.03. The van der Waals surface area contributed by atoms with E-state index in [2.05, 4.69) is 45.2 Å². The van der Waals surface area contributed by atoms with Gasteiger partial charge < -0.3 is 4.74 Å². The molecule has 1 aromatic heterocycles. The van der Waals surface area contributed by atoms with Gasteiger partial charge in [-0.2, -0.15) is 0 Å². The molecule has 0 saturated heterocycles. The van der Waals surface area contributed by atoms with Gasteiger partial charge in [-0.3, -0.25) is 4.98 Å². The third-order valence-corrected chi connectivity index (χ3v) is 4.06. The first-order valence-corrected chi connectivity index (χ1v) is 8.23. The second-order valence-corrected chi connectivity index (χ2v) is 5.77. The molecule has 0 unspecified atom stereocenters. The fraction of sp³-hybridized carbons (Fsp3) is 0.267. The summed E-state index contributed by atoms with van der Waals surface area (Å²) in [6.45, 7) is 2.67. The number of hydrogen-bond donors (Lipinski definition) is 0. The molecule has 0 atom stereocenters. The zero-order chi connectivity index (χ0) is 13.5. The lowest BCUT2D eigenvalue weighted by Gasteiger charge is -2.09. The summed E-state index contributed by atoms with van der Waals surface area (Å²) in [5.74, 6) is 1.80. The van der Waals surface area contributed by atoms with Crippen LogP contribution in [0.2, 0.25) is 0 Å². The molecule has 1 aromatic carbocycles. The van der Waals surface area contributed by atoms with Crippen LogP contribution < -0.4 is 4.74 Å². The number of alkyl halides is 1. The van der Waals surface area contributed by atoms with Crippen molar-refractivity contribution in [3.8, 4) is 5.75 Å². The molecule has 0 aliphatic heterocycles. The molecule has 4 heteroatoms. The molecule has 100 valence electrons. The summed E-state index contributed by atoms with van der Waals surface area (Å²) in [6, 6.07) is 14.3. The molecule has 0 N–H and O–H groups in total. The van der Waals surface area contributed by atoms with Crippen molar-refractivity contribution in [1.29, 1.82) is 0 Å². The summed E-state index contributed by atoms with van der Waals surface area (Å²) in [4.78, 5) is 5.72. The lowest BCUT2D eigenvalue weighted by molar-refractivity contribution is 0.339. The van der Waals surface area contributed by atoms with Gasteiger partial charge in [0.15, 0.2) is 0 Å². The minimum Gasteiger partial charge on any atom is -0.491 e. The highest BCUT2D eigenvalue weighted by molar-refractivity contribution is 9.08. The van der Waals surface area contributed by atoms with Crippen LogP contribution in [0.3, 0.4) is 0 Å². The lowest BCUT2D eigenvalue weighted by atomic mass is 10.3. The molecule has 0 fully saturated rings. The highest BCUT2D eigenvalue weighted by atomic mass is 79.9. The molecule has 0 radical (unpaired) electrons. The summed E-state index contributed by atoms with van der Waals surface area (Å²) in [6.07, 6.45) is 0. The fourth-order valence-electron chi connectivity index (χ4n) is 1.65. The fourth-order valence-corrected chi connectivity index (χ4v) is 2.81. The number of aryl methyl sites for hydroxylation is 1. The monoisotopic (exact) mass is 337 g/mol. The van der Waals surface area contributed by atoms with Crippen LogP contribution in [0.4, 0.5) is 0 Å². The molecule has 19 heavy (non-hydrogen) atoms. The third kappa shape index (κ3) is 4.55. The summed E-state index contributed by atoms with van der Waals surface area (Å²) in [7, 11) is 0. The average Bonchev–Trinajstić information content (AvgIpc) is 2.46. The molecule has 0 amide bonds. The van der Waals surface area contributed by atoms with E-state index in [1.54, 1.807) is 11.8 Å². The van der Waals surface area contributed by atoms with Crippen LogP contribution in [0.1, 0.15) is 11.4 Å². The standard InChI is InChI=1S/C15H16BrNOS/c1-12-7-8-15(14(11-16)17-12)18-9-10-19-13-5-3-2-4-6-13/h2-8H,9-11H2,1H3. The van der Waals surface area contributed by atoms with E-state index in [4.69, 9.17) is 4.74 Å². The molecule has 0 saturated carbocycles. The van der Waals surface area contributed by atoms with Crippen molar-refractivity contribution in [2.24, 2.45) is 0 Å². The van der Waals surface area contributed by atoms with Crippen LogP contribution in [0.25, 0.3) is 0 Å². The number of aromatic nitrogens is 1. The van der Waals surface area contributed by atoms with Crippen molar-refractivity contribution in [2.75, 3.05) is 12.4 Å². The number of benzene rings is 1. The number of hydrogen-bond acceptors (Lipinski definition) is 3. The Labute approximate surface area is 126 Å². The zero-order valence-electron chi connectivity index (χ0n) is 10.8. The Hall–Kier alpha value is -1.000. The van der Waals surface area contributed by atoms with Gasteiger partial charge in [0.25, 0.3) is 0 Å². The molecule has 0 bridgehead atoms. The van der Waals surface area contributed by atoms with Crippen molar-refractivity contribution < 1.29 is 4.74 Å². The van der Waals surface area contributed by atoms with Crippen molar-refractivity contribution in [3.63, 3.8) is 0 Å². The number of ether oxygens (including phenoxy) is 1. The summed E-state index contributed by atoms with van der Waals surface area (Å²) in [5, 5.41) is 0.718. The minimum atomic E-state index is 0.685. The first-order chi connectivity index (χ1) is 9.29. The second kappa shape index (κ2) is 7.56. The zero-order valence-corrected chi connectivity index (χ0v) is 13.2. The molecule has 0 aliphatic carbocycles. The highest BCUT2D eigenvalue weighted by Crippen LogP contribution is 2.21. The Kier molecular flexibility index (Phi) is 5.73. The number of rotatable bonds is 6. The maximum Gasteiger partial charge on any atom is 0.141 e. The van der Waals surface area contributed by atoms with Crippen molar-refractivity contribution >= 4 is 27.7 Å². The number of thioether (sulfide) groups is 1. The van der Waals surface area contributed by atoms with E-state index in [9.17, 15) is 0 Å². The molecule has 0 spiro atoms. The molecular formula is C15H16BrNOS. The summed E-state index contributed by atoms with van der Waals surface area (Å²) >= 11 is 5.24. The van der Waals surface area contributed by atoms with Gasteiger partial charge in [-0.1, -0.05) is 34.1 Å². The molecule has 2 nitrogen and oxygen atoms in total. The molecule has 0 aliphatic rings. The van der Waals surface area contributed by atoms with Gasteiger partial charge in [-0.25, -0.2) is 0 Å². The smallest absolute Gasteiger partial charge is 0.141 e. The molecular weight excluding hydrogens is 322 g/mol. The summed E-state index contributed by atoms with van der Waals surface area (Å²) in [5.41, 5.74) is 1.98. The first kappa shape index (κ1) is 14.4. The van der Waals surface area contributed by atoms with Crippen molar-refractivity contribution in [2.45, 2.75) is 17.1 Å². The largest absolute Gasteiger partial charge is 0.491 e. The maximum atomic E-state index is 5.79. The SMILES string of the molecule is Cc1ccc(OCCSc2ccccc2)c(CBr)n1. The van der Waals surface area contributed by atoms with Crippen LogP contribution in [0, 0.1) is 6.92 Å². The first-order valence-electron chi connectivity index (χ1n) is 6.12. The normalized spacial score (nSPS) is 10.4. The number of nitrogens with zero attached hydrogens (tertiary/aromatic N) is 1. The van der Waals surface area contributed by atoms with Gasteiger partial charge in [-0.05, 0) is 31.2 Å². The van der Waals surface area contributed by atoms with E-state index in [0.717, 1.165) is 28.2 Å². The Morgan fingerprint density at radius 1 is 1.16 bits per heavy atom. The Morgan fingerprint density at radius 2 is 1.95 bits per heavy atom. The van der Waals surface area contributed by atoms with Gasteiger partial charge >= 0.3 is 0 Å². The topological polar surface area (TPSA) is 22.1 Å². The summed E-state index contributed by atoms with van der Waals surface area (Å²) < 4.78 is 5.79. The molecule has 2 aromatic rings. The second-order valence-electron chi connectivity index (χ2n) is 4.04. The van der Waals surface area contributed by atoms with Crippen LogP contribution in [-0.2, 0) is 5.33 Å². The Balaban J connectivity index is 1.83. The Morgan fingerprint density at radius 3 is 2.68 bits per heavy atom. The Bertz CT molecular complexity index is 519. The third-order valence-electron chi connectivity index (χ3n) is 2.55. The van der Waals surface area contributed by atoms with Crippen LogP contribution >= 0.6 is 27.7 Å². The van der Waals surface area contributed by atoms with E-state index < -0.39 is 0 Å². The van der Waals surface area contributed by atoms with E-state index in [1.807, 2.05) is 25.1 Å². The quantitative estimate of drug-likeness (QED) is 0.441. The van der Waals surface area contributed by atoms with Crippen molar-refractivity contribution in [3.05, 3.63) is 53.9 Å². The van der Waals surface area contributed by atoms with Crippen LogP contribution in [0.15, 0.2) is 47.4 Å². The number of halogens is 1. The van der Waals surface area contributed by atoms with Gasteiger partial charge in [0, 0.05) is 21.7 Å². The van der Waals surface area contributed by atoms with E-state index in [-0.39, 0.29) is 0 Å². The maximum absolute atomic E-state index is 5.79. The highest BCUT2D eigenvalue weighted by Gasteiger charge is 2.04.